The number of carbonyl (C=O) groups is 1. The second kappa shape index (κ2) is 4.21. The van der Waals surface area contributed by atoms with Crippen LogP contribution in [0.25, 0.3) is 0 Å². The molecular formula is C8H14NO2. The van der Waals surface area contributed by atoms with Crippen molar-refractivity contribution < 1.29 is 9.90 Å². The smallest absolute Gasteiger partial charge is 0.316 e. The summed E-state index contributed by atoms with van der Waals surface area (Å²) in [5, 5.41) is 12.6. The van der Waals surface area contributed by atoms with Crippen molar-refractivity contribution in [3.63, 3.8) is 0 Å². The number of rotatable bonds is 1. The van der Waals surface area contributed by atoms with Gasteiger partial charge in [-0.1, -0.05) is 25.7 Å². The van der Waals surface area contributed by atoms with E-state index in [9.17, 15) is 9.90 Å². The van der Waals surface area contributed by atoms with Gasteiger partial charge in [-0.15, -0.1) is 0 Å². The molecule has 0 aromatic carbocycles. The van der Waals surface area contributed by atoms with Gasteiger partial charge in [0.1, 0.15) is 0 Å². The summed E-state index contributed by atoms with van der Waals surface area (Å²) in [6, 6.07) is 0.155. The van der Waals surface area contributed by atoms with Gasteiger partial charge in [0.25, 0.3) is 0 Å². The molecule has 1 radical (unpaired) electrons. The summed E-state index contributed by atoms with van der Waals surface area (Å²) >= 11 is 0. The van der Waals surface area contributed by atoms with Gasteiger partial charge in [0.15, 0.2) is 0 Å². The molecule has 0 atom stereocenters. The minimum Gasteiger partial charge on any atom is -0.316 e. The molecule has 0 unspecified atom stereocenters. The van der Waals surface area contributed by atoms with Crippen LogP contribution in [-0.2, 0) is 5.11 Å². The van der Waals surface area contributed by atoms with Gasteiger partial charge in [0.2, 0.25) is 0 Å². The lowest BCUT2D eigenvalue weighted by Crippen LogP contribution is -2.32. The molecule has 3 heteroatoms. The summed E-state index contributed by atoms with van der Waals surface area (Å²) < 4.78 is 0. The third kappa shape index (κ3) is 3.25. The van der Waals surface area contributed by atoms with Gasteiger partial charge < -0.3 is 5.32 Å². The van der Waals surface area contributed by atoms with Crippen molar-refractivity contribution in [2.75, 3.05) is 0 Å². The molecule has 1 fully saturated rings. The number of nitrogens with one attached hydrogen (secondary N) is 1. The van der Waals surface area contributed by atoms with Crippen LogP contribution in [0.4, 0.5) is 4.79 Å². The quantitative estimate of drug-likeness (QED) is 0.578. The van der Waals surface area contributed by atoms with Crippen LogP contribution in [0.15, 0.2) is 0 Å². The zero-order valence-electron chi connectivity index (χ0n) is 6.64. The van der Waals surface area contributed by atoms with Crippen LogP contribution < -0.4 is 5.32 Å². The van der Waals surface area contributed by atoms with Crippen LogP contribution in [-0.4, -0.2) is 12.1 Å². The molecule has 1 amide bonds. The van der Waals surface area contributed by atoms with Gasteiger partial charge in [-0.25, -0.2) is 9.90 Å². The fourth-order valence-corrected chi connectivity index (χ4v) is 1.59. The van der Waals surface area contributed by atoms with Crippen molar-refractivity contribution in [2.45, 2.75) is 44.6 Å². The standard InChI is InChI=1S/C8H14NO2/c10-8(11)9-7-5-3-1-2-4-6-7/h7,9H,1-6H2. The van der Waals surface area contributed by atoms with E-state index in [1.807, 2.05) is 0 Å². The van der Waals surface area contributed by atoms with E-state index in [0.29, 0.717) is 0 Å². The second-order valence-corrected chi connectivity index (χ2v) is 3.12. The second-order valence-electron chi connectivity index (χ2n) is 3.12. The zero-order chi connectivity index (χ0) is 8.10. The summed E-state index contributed by atoms with van der Waals surface area (Å²) in [5.74, 6) is 0. The van der Waals surface area contributed by atoms with Gasteiger partial charge in [-0.3, -0.25) is 0 Å². The van der Waals surface area contributed by atoms with E-state index in [-0.39, 0.29) is 6.04 Å². The molecular weight excluding hydrogens is 142 g/mol. The van der Waals surface area contributed by atoms with Crippen molar-refractivity contribution in [3.05, 3.63) is 0 Å². The van der Waals surface area contributed by atoms with Crippen LogP contribution >= 0.6 is 0 Å². The van der Waals surface area contributed by atoms with Crippen LogP contribution in [0.3, 0.4) is 0 Å². The molecule has 11 heavy (non-hydrogen) atoms. The van der Waals surface area contributed by atoms with E-state index in [1.54, 1.807) is 0 Å². The maximum atomic E-state index is 10.2. The molecule has 1 N–H and O–H groups in total. The molecule has 63 valence electrons. The third-order valence-electron chi connectivity index (χ3n) is 2.18. The molecule has 0 spiro atoms. The van der Waals surface area contributed by atoms with Crippen molar-refractivity contribution in [2.24, 2.45) is 0 Å². The highest BCUT2D eigenvalue weighted by atomic mass is 16.4. The minimum atomic E-state index is -1.13. The molecule has 1 rings (SSSR count). The summed E-state index contributed by atoms with van der Waals surface area (Å²) in [6.07, 6.45) is 5.60. The number of amides is 1. The van der Waals surface area contributed by atoms with Crippen LogP contribution in [0.2, 0.25) is 0 Å². The normalized spacial score (nSPS) is 20.7. The van der Waals surface area contributed by atoms with E-state index in [0.717, 1.165) is 25.7 Å². The van der Waals surface area contributed by atoms with E-state index in [4.69, 9.17) is 0 Å². The van der Waals surface area contributed by atoms with Crippen LogP contribution in [0, 0.1) is 0 Å². The Labute approximate surface area is 66.8 Å². The first kappa shape index (κ1) is 8.37. The Morgan fingerprint density at radius 2 is 1.64 bits per heavy atom. The van der Waals surface area contributed by atoms with Gasteiger partial charge in [0, 0.05) is 6.04 Å². The van der Waals surface area contributed by atoms with E-state index in [1.165, 1.54) is 12.8 Å². The van der Waals surface area contributed by atoms with Crippen molar-refractivity contribution in [1.29, 1.82) is 0 Å². The molecule has 1 aliphatic carbocycles. The largest absolute Gasteiger partial charge is 0.450 e. The van der Waals surface area contributed by atoms with Gasteiger partial charge in [0.05, 0.1) is 0 Å². The SMILES string of the molecule is [O]C(=O)NC1CCCCCC1. The van der Waals surface area contributed by atoms with Crippen LogP contribution in [0.5, 0.6) is 0 Å². The molecule has 1 saturated carbocycles. The first-order chi connectivity index (χ1) is 5.29. The molecule has 0 aromatic heterocycles. The van der Waals surface area contributed by atoms with Gasteiger partial charge >= 0.3 is 6.09 Å². The van der Waals surface area contributed by atoms with Crippen LogP contribution in [0.1, 0.15) is 38.5 Å². The summed E-state index contributed by atoms with van der Waals surface area (Å²) in [6.45, 7) is 0. The molecule has 3 nitrogen and oxygen atoms in total. The van der Waals surface area contributed by atoms with Gasteiger partial charge in [-0.05, 0) is 12.8 Å². The molecule has 0 aliphatic heterocycles. The average Bonchev–Trinajstić information content (AvgIpc) is 2.14. The van der Waals surface area contributed by atoms with E-state index >= 15 is 0 Å². The maximum Gasteiger partial charge on any atom is 0.450 e. The summed E-state index contributed by atoms with van der Waals surface area (Å²) in [5.41, 5.74) is 0. The molecule has 0 saturated heterocycles. The molecule has 1 aliphatic rings. The lowest BCUT2D eigenvalue weighted by atomic mass is 10.1. The average molecular weight is 156 g/mol. The predicted molar refractivity (Wildman–Crippen MR) is 40.7 cm³/mol. The Hall–Kier alpha value is -0.730. The highest BCUT2D eigenvalue weighted by molar-refractivity contribution is 5.64. The van der Waals surface area contributed by atoms with E-state index < -0.39 is 6.09 Å². The molecule has 0 aromatic rings. The third-order valence-corrected chi connectivity index (χ3v) is 2.18. The predicted octanol–water partition coefficient (Wildman–Crippen LogP) is 1.85. The maximum absolute atomic E-state index is 10.2. The Kier molecular flexibility index (Phi) is 3.20. The van der Waals surface area contributed by atoms with Crippen molar-refractivity contribution >= 4 is 6.09 Å². The first-order valence-electron chi connectivity index (χ1n) is 4.26. The fraction of sp³-hybridized carbons (Fsp3) is 0.875. The zero-order valence-corrected chi connectivity index (χ0v) is 6.64. The van der Waals surface area contributed by atoms with E-state index in [2.05, 4.69) is 5.32 Å². The van der Waals surface area contributed by atoms with Crippen molar-refractivity contribution in [3.8, 4) is 0 Å². The highest BCUT2D eigenvalue weighted by Gasteiger charge is 2.13. The highest BCUT2D eigenvalue weighted by Crippen LogP contribution is 2.16. The number of hydrogen-bond donors (Lipinski definition) is 1. The van der Waals surface area contributed by atoms with Crippen molar-refractivity contribution in [1.82, 2.24) is 5.32 Å². The fourth-order valence-electron chi connectivity index (χ4n) is 1.59. The topological polar surface area (TPSA) is 49.0 Å². The van der Waals surface area contributed by atoms with Gasteiger partial charge in [-0.2, -0.15) is 0 Å². The summed E-state index contributed by atoms with van der Waals surface area (Å²) in [7, 11) is 0. The first-order valence-corrected chi connectivity index (χ1v) is 4.26. The lowest BCUT2D eigenvalue weighted by molar-refractivity contribution is 0.163. The molecule has 0 heterocycles. The lowest BCUT2D eigenvalue weighted by Gasteiger charge is -2.11. The Bertz CT molecular complexity index is 128. The Morgan fingerprint density at radius 1 is 1.09 bits per heavy atom. The number of carbonyl (C=O) groups excluding carboxylic acids is 1. The number of hydrogen-bond acceptors (Lipinski definition) is 1. The minimum absolute atomic E-state index is 0.155. The monoisotopic (exact) mass is 156 g/mol. The molecule has 0 bridgehead atoms. The Morgan fingerprint density at radius 3 is 2.09 bits per heavy atom. The summed E-state index contributed by atoms with van der Waals surface area (Å²) in [4.78, 5) is 10.2. The Balaban J connectivity index is 2.25.